The summed E-state index contributed by atoms with van der Waals surface area (Å²) in [5.74, 6) is -1.99. The lowest BCUT2D eigenvalue weighted by atomic mass is 10.2. The van der Waals surface area contributed by atoms with E-state index in [2.05, 4.69) is 5.32 Å². The monoisotopic (exact) mass is 252 g/mol. The first-order valence-electron chi connectivity index (χ1n) is 5.67. The number of anilines is 1. The van der Waals surface area contributed by atoms with Crippen molar-refractivity contribution in [1.82, 2.24) is 5.32 Å². The average Bonchev–Trinajstić information content (AvgIpc) is 3.09. The Balaban J connectivity index is 1.95. The molecule has 1 atom stereocenters. The molecule has 0 aromatic heterocycles. The molecular formula is C12H10F2N2O2. The Morgan fingerprint density at radius 1 is 1.22 bits per heavy atom. The van der Waals surface area contributed by atoms with Crippen molar-refractivity contribution in [2.24, 2.45) is 5.92 Å². The van der Waals surface area contributed by atoms with Crippen LogP contribution in [0.25, 0.3) is 0 Å². The van der Waals surface area contributed by atoms with Crippen LogP contribution in [0.2, 0.25) is 0 Å². The van der Waals surface area contributed by atoms with Crippen molar-refractivity contribution in [2.45, 2.75) is 18.9 Å². The quantitative estimate of drug-likeness (QED) is 0.816. The van der Waals surface area contributed by atoms with Gasteiger partial charge in [-0.05, 0) is 30.9 Å². The van der Waals surface area contributed by atoms with Crippen LogP contribution in [-0.2, 0) is 4.79 Å². The molecule has 4 nitrogen and oxygen atoms in total. The minimum absolute atomic E-state index is 0.148. The number of nitrogens with zero attached hydrogens (tertiary/aromatic N) is 1. The van der Waals surface area contributed by atoms with Gasteiger partial charge in [0, 0.05) is 6.07 Å². The number of halogens is 2. The Morgan fingerprint density at radius 3 is 2.56 bits per heavy atom. The Morgan fingerprint density at radius 2 is 1.94 bits per heavy atom. The smallest absolute Gasteiger partial charge is 0.325 e. The molecule has 1 saturated carbocycles. The highest BCUT2D eigenvalue weighted by Crippen LogP contribution is 2.36. The lowest BCUT2D eigenvalue weighted by Gasteiger charge is -2.13. The minimum atomic E-state index is -0.921. The van der Waals surface area contributed by atoms with Crippen LogP contribution in [0.15, 0.2) is 18.2 Å². The zero-order chi connectivity index (χ0) is 12.9. The summed E-state index contributed by atoms with van der Waals surface area (Å²) in [6.07, 6.45) is 1.77. The molecule has 1 aromatic rings. The van der Waals surface area contributed by atoms with E-state index in [9.17, 15) is 18.4 Å². The first-order valence-corrected chi connectivity index (χ1v) is 5.67. The third kappa shape index (κ3) is 1.64. The fourth-order valence-corrected chi connectivity index (χ4v) is 2.14. The van der Waals surface area contributed by atoms with Crippen molar-refractivity contribution < 1.29 is 18.4 Å². The van der Waals surface area contributed by atoms with Crippen LogP contribution in [0.5, 0.6) is 0 Å². The van der Waals surface area contributed by atoms with Gasteiger partial charge in [-0.1, -0.05) is 0 Å². The van der Waals surface area contributed by atoms with Crippen LogP contribution >= 0.6 is 0 Å². The minimum Gasteiger partial charge on any atom is -0.325 e. The number of urea groups is 1. The second kappa shape index (κ2) is 3.76. The van der Waals surface area contributed by atoms with E-state index in [-0.39, 0.29) is 11.6 Å². The lowest BCUT2D eigenvalue weighted by molar-refractivity contribution is -0.118. The maximum atomic E-state index is 13.6. The number of carbonyl (C=O) groups is 2. The van der Waals surface area contributed by atoms with Crippen molar-refractivity contribution in [3.63, 3.8) is 0 Å². The van der Waals surface area contributed by atoms with Crippen molar-refractivity contribution in [1.29, 1.82) is 0 Å². The Kier molecular flexibility index (Phi) is 2.33. The number of hydrogen-bond donors (Lipinski definition) is 1. The van der Waals surface area contributed by atoms with Gasteiger partial charge in [-0.25, -0.2) is 18.5 Å². The predicted octanol–water partition coefficient (Wildman–Crippen LogP) is 1.80. The molecule has 2 fully saturated rings. The molecule has 0 spiro atoms. The van der Waals surface area contributed by atoms with Gasteiger partial charge in [0.25, 0.3) is 5.91 Å². The topological polar surface area (TPSA) is 49.4 Å². The molecule has 3 amide bonds. The van der Waals surface area contributed by atoms with Gasteiger partial charge in [-0.2, -0.15) is 0 Å². The fraction of sp³-hybridized carbons (Fsp3) is 0.333. The molecule has 1 unspecified atom stereocenters. The molecule has 6 heteroatoms. The van der Waals surface area contributed by atoms with Gasteiger partial charge in [0.1, 0.15) is 17.7 Å². The number of amides is 3. The predicted molar refractivity (Wildman–Crippen MR) is 58.9 cm³/mol. The second-order valence-corrected chi connectivity index (χ2v) is 4.53. The molecule has 1 heterocycles. The summed E-state index contributed by atoms with van der Waals surface area (Å²) >= 11 is 0. The summed E-state index contributed by atoms with van der Waals surface area (Å²) in [5.41, 5.74) is -0.206. The molecule has 1 saturated heterocycles. The van der Waals surface area contributed by atoms with Gasteiger partial charge >= 0.3 is 6.03 Å². The van der Waals surface area contributed by atoms with E-state index in [1.54, 1.807) is 0 Å². The summed E-state index contributed by atoms with van der Waals surface area (Å²) in [6.45, 7) is 0. The zero-order valence-electron chi connectivity index (χ0n) is 9.32. The van der Waals surface area contributed by atoms with Crippen LogP contribution in [0.4, 0.5) is 19.3 Å². The number of hydrogen-bond acceptors (Lipinski definition) is 2. The van der Waals surface area contributed by atoms with E-state index in [1.165, 1.54) is 0 Å². The second-order valence-electron chi connectivity index (χ2n) is 4.53. The highest BCUT2D eigenvalue weighted by molar-refractivity contribution is 6.21. The Labute approximate surface area is 102 Å². The highest BCUT2D eigenvalue weighted by Gasteiger charge is 2.47. The Bertz CT molecular complexity index is 543. The standard InChI is InChI=1S/C12H10F2N2O2/c13-7-3-4-9(8(14)5-7)16-11(17)10(6-1-2-6)15-12(16)18/h3-6,10H,1-2H2,(H,15,18). The van der Waals surface area contributed by atoms with Crippen LogP contribution in [0.3, 0.4) is 0 Å². The molecule has 18 heavy (non-hydrogen) atoms. The lowest BCUT2D eigenvalue weighted by Crippen LogP contribution is -2.32. The molecule has 94 valence electrons. The number of benzene rings is 1. The van der Waals surface area contributed by atoms with E-state index in [0.29, 0.717) is 6.07 Å². The van der Waals surface area contributed by atoms with Gasteiger partial charge in [0.05, 0.1) is 5.69 Å². The van der Waals surface area contributed by atoms with Gasteiger partial charge in [-0.3, -0.25) is 4.79 Å². The number of rotatable bonds is 2. The third-order valence-electron chi connectivity index (χ3n) is 3.21. The van der Waals surface area contributed by atoms with Crippen molar-refractivity contribution >= 4 is 17.6 Å². The summed E-state index contributed by atoms with van der Waals surface area (Å²) in [5, 5.41) is 2.53. The van der Waals surface area contributed by atoms with Crippen LogP contribution in [0, 0.1) is 17.6 Å². The van der Waals surface area contributed by atoms with Gasteiger partial charge in [0.2, 0.25) is 0 Å². The summed E-state index contributed by atoms with van der Waals surface area (Å²) in [4.78, 5) is 24.5. The van der Waals surface area contributed by atoms with Crippen LogP contribution < -0.4 is 10.2 Å². The number of carbonyl (C=O) groups excluding carboxylic acids is 2. The number of nitrogens with one attached hydrogen (secondary N) is 1. The fourth-order valence-electron chi connectivity index (χ4n) is 2.14. The Hall–Kier alpha value is -1.98. The summed E-state index contributed by atoms with van der Waals surface area (Å²) in [7, 11) is 0. The molecule has 3 rings (SSSR count). The van der Waals surface area contributed by atoms with Crippen LogP contribution in [-0.4, -0.2) is 18.0 Å². The molecule has 1 aliphatic heterocycles. The molecule has 1 N–H and O–H groups in total. The molecule has 0 radical (unpaired) electrons. The molecule has 2 aliphatic rings. The van der Waals surface area contributed by atoms with Crippen LogP contribution in [0.1, 0.15) is 12.8 Å². The summed E-state index contributed by atoms with van der Waals surface area (Å²) < 4.78 is 26.4. The number of imide groups is 1. The highest BCUT2D eigenvalue weighted by atomic mass is 19.1. The van der Waals surface area contributed by atoms with Gasteiger partial charge in [0.15, 0.2) is 0 Å². The largest absolute Gasteiger partial charge is 0.329 e. The molecule has 1 aliphatic carbocycles. The van der Waals surface area contributed by atoms with E-state index < -0.39 is 29.6 Å². The normalized spacial score (nSPS) is 23.4. The van der Waals surface area contributed by atoms with E-state index in [0.717, 1.165) is 29.9 Å². The third-order valence-corrected chi connectivity index (χ3v) is 3.21. The maximum absolute atomic E-state index is 13.6. The molecular weight excluding hydrogens is 242 g/mol. The van der Waals surface area contributed by atoms with Crippen molar-refractivity contribution in [3.05, 3.63) is 29.8 Å². The first-order chi connectivity index (χ1) is 8.58. The van der Waals surface area contributed by atoms with Gasteiger partial charge in [-0.15, -0.1) is 0 Å². The zero-order valence-corrected chi connectivity index (χ0v) is 9.32. The average molecular weight is 252 g/mol. The molecule has 0 bridgehead atoms. The van der Waals surface area contributed by atoms with Crippen molar-refractivity contribution in [2.75, 3.05) is 4.90 Å². The first kappa shape index (κ1) is 11.1. The summed E-state index contributed by atoms with van der Waals surface area (Å²) in [6, 6.07) is 1.55. The van der Waals surface area contributed by atoms with E-state index in [1.807, 2.05) is 0 Å². The van der Waals surface area contributed by atoms with E-state index >= 15 is 0 Å². The van der Waals surface area contributed by atoms with Gasteiger partial charge < -0.3 is 5.32 Å². The van der Waals surface area contributed by atoms with E-state index in [4.69, 9.17) is 0 Å². The SMILES string of the molecule is O=C1NC(C2CC2)C(=O)N1c1ccc(F)cc1F. The molecule has 1 aromatic carbocycles. The maximum Gasteiger partial charge on any atom is 0.329 e. The van der Waals surface area contributed by atoms with Crippen molar-refractivity contribution in [3.8, 4) is 0 Å².